The molecule has 2 fully saturated rings. The maximum atomic E-state index is 12.5. The van der Waals surface area contributed by atoms with Gasteiger partial charge in [-0.1, -0.05) is 12.1 Å². The van der Waals surface area contributed by atoms with Crippen molar-refractivity contribution >= 4 is 11.7 Å². The van der Waals surface area contributed by atoms with Crippen molar-refractivity contribution in [3.05, 3.63) is 29.8 Å². The summed E-state index contributed by atoms with van der Waals surface area (Å²) in [6, 6.07) is 7.55. The zero-order valence-corrected chi connectivity index (χ0v) is 12.6. The molecule has 1 amide bonds. The van der Waals surface area contributed by atoms with Crippen LogP contribution in [-0.4, -0.2) is 48.0 Å². The average Bonchev–Trinajstić information content (AvgIpc) is 3.03. The molecule has 3 aliphatic heterocycles. The van der Waals surface area contributed by atoms with E-state index >= 15 is 0 Å². The highest BCUT2D eigenvalue weighted by Crippen LogP contribution is 2.51. The Hall–Kier alpha value is -1.88. The minimum Gasteiger partial charge on any atom is -0.484 e. The first-order valence-corrected chi connectivity index (χ1v) is 7.76. The summed E-state index contributed by atoms with van der Waals surface area (Å²) in [6.07, 6.45) is 2.99. The number of carbonyl (C=O) groups excluding carboxylic acids is 2. The van der Waals surface area contributed by atoms with E-state index in [9.17, 15) is 9.59 Å². The van der Waals surface area contributed by atoms with Crippen LogP contribution in [0.15, 0.2) is 24.3 Å². The molecule has 0 N–H and O–H groups in total. The van der Waals surface area contributed by atoms with Crippen LogP contribution in [-0.2, 0) is 9.53 Å². The molecule has 2 saturated heterocycles. The van der Waals surface area contributed by atoms with E-state index in [1.165, 1.54) is 7.11 Å². The minimum absolute atomic E-state index is 0.00165. The molecule has 3 aliphatic rings. The maximum Gasteiger partial charge on any atom is 0.249 e. The average molecular weight is 301 g/mol. The van der Waals surface area contributed by atoms with Crippen molar-refractivity contribution in [2.75, 3.05) is 13.7 Å². The summed E-state index contributed by atoms with van der Waals surface area (Å²) in [7, 11) is 1.53. The molecule has 1 aromatic carbocycles. The summed E-state index contributed by atoms with van der Waals surface area (Å²) in [5, 5.41) is 0. The summed E-state index contributed by atoms with van der Waals surface area (Å²) >= 11 is 0. The van der Waals surface area contributed by atoms with Crippen molar-refractivity contribution in [1.29, 1.82) is 0 Å². The Morgan fingerprint density at radius 2 is 2.23 bits per heavy atom. The SMILES string of the molecule is COCC(=O)N1[C@H]2CC[C@H]1[C@@]1(CC(=O)c3ccccc3O1)C2. The Labute approximate surface area is 129 Å². The first-order chi connectivity index (χ1) is 10.6. The van der Waals surface area contributed by atoms with E-state index in [-0.39, 0.29) is 30.4 Å². The lowest BCUT2D eigenvalue weighted by molar-refractivity contribution is -0.137. The van der Waals surface area contributed by atoms with Crippen LogP contribution < -0.4 is 4.74 Å². The molecular weight excluding hydrogens is 282 g/mol. The van der Waals surface area contributed by atoms with E-state index in [0.29, 0.717) is 17.7 Å². The Kier molecular flexibility index (Phi) is 3.01. The van der Waals surface area contributed by atoms with E-state index in [4.69, 9.17) is 9.47 Å². The molecule has 5 heteroatoms. The van der Waals surface area contributed by atoms with Crippen LogP contribution in [0.3, 0.4) is 0 Å². The third-order valence-corrected chi connectivity index (χ3v) is 5.21. The lowest BCUT2D eigenvalue weighted by atomic mass is 9.78. The second-order valence-electron chi connectivity index (χ2n) is 6.45. The largest absolute Gasteiger partial charge is 0.484 e. The van der Waals surface area contributed by atoms with Gasteiger partial charge in [-0.2, -0.15) is 0 Å². The molecule has 1 spiro atoms. The quantitative estimate of drug-likeness (QED) is 0.836. The van der Waals surface area contributed by atoms with E-state index in [0.717, 1.165) is 19.3 Å². The van der Waals surface area contributed by atoms with Crippen LogP contribution in [0.25, 0.3) is 0 Å². The van der Waals surface area contributed by atoms with Crippen molar-refractivity contribution in [2.24, 2.45) is 0 Å². The van der Waals surface area contributed by atoms with Crippen LogP contribution in [0.2, 0.25) is 0 Å². The van der Waals surface area contributed by atoms with Gasteiger partial charge < -0.3 is 14.4 Å². The smallest absolute Gasteiger partial charge is 0.249 e. The molecule has 0 aliphatic carbocycles. The first kappa shape index (κ1) is 13.8. The highest BCUT2D eigenvalue weighted by atomic mass is 16.5. The number of ether oxygens (including phenoxy) is 2. The van der Waals surface area contributed by atoms with Crippen molar-refractivity contribution in [1.82, 2.24) is 4.90 Å². The number of para-hydroxylation sites is 1. The summed E-state index contributed by atoms with van der Waals surface area (Å²) in [4.78, 5) is 26.7. The Morgan fingerprint density at radius 3 is 3.05 bits per heavy atom. The zero-order chi connectivity index (χ0) is 15.3. The Morgan fingerprint density at radius 1 is 1.41 bits per heavy atom. The topological polar surface area (TPSA) is 55.8 Å². The Balaban J connectivity index is 1.67. The number of carbonyl (C=O) groups is 2. The van der Waals surface area contributed by atoms with Crippen molar-refractivity contribution in [3.8, 4) is 5.75 Å². The third-order valence-electron chi connectivity index (χ3n) is 5.21. The van der Waals surface area contributed by atoms with Crippen molar-refractivity contribution < 1.29 is 19.1 Å². The summed E-state index contributed by atoms with van der Waals surface area (Å²) in [5.74, 6) is 0.778. The number of Topliss-reactive ketones (excluding diaryl/α,β-unsaturated/α-hetero) is 1. The molecule has 116 valence electrons. The summed E-state index contributed by atoms with van der Waals surface area (Å²) < 4.78 is 11.3. The molecule has 2 bridgehead atoms. The van der Waals surface area contributed by atoms with Crippen LogP contribution in [0.4, 0.5) is 0 Å². The zero-order valence-electron chi connectivity index (χ0n) is 12.6. The lowest BCUT2D eigenvalue weighted by Gasteiger charge is -2.40. The van der Waals surface area contributed by atoms with Crippen LogP contribution >= 0.6 is 0 Å². The summed E-state index contributed by atoms with van der Waals surface area (Å²) in [6.45, 7) is 0.0909. The number of hydrogen-bond donors (Lipinski definition) is 0. The fourth-order valence-electron chi connectivity index (χ4n) is 4.42. The third kappa shape index (κ3) is 1.81. The van der Waals surface area contributed by atoms with E-state index in [2.05, 4.69) is 0 Å². The van der Waals surface area contributed by atoms with Crippen LogP contribution in [0, 0.1) is 0 Å². The van der Waals surface area contributed by atoms with Crippen molar-refractivity contribution in [3.63, 3.8) is 0 Å². The molecule has 0 saturated carbocycles. The van der Waals surface area contributed by atoms with Gasteiger partial charge in [-0.3, -0.25) is 9.59 Å². The number of benzene rings is 1. The van der Waals surface area contributed by atoms with Gasteiger partial charge in [0.25, 0.3) is 0 Å². The van der Waals surface area contributed by atoms with Gasteiger partial charge in [0.05, 0.1) is 18.0 Å². The predicted octanol–water partition coefficient (Wildman–Crippen LogP) is 1.80. The fourth-order valence-corrected chi connectivity index (χ4v) is 4.42. The maximum absolute atomic E-state index is 12.5. The number of nitrogens with zero attached hydrogens (tertiary/aromatic N) is 1. The summed E-state index contributed by atoms with van der Waals surface area (Å²) in [5.41, 5.74) is 0.114. The van der Waals surface area contributed by atoms with Gasteiger partial charge in [0.1, 0.15) is 18.0 Å². The molecule has 0 unspecified atom stereocenters. The molecule has 1 aromatic rings. The Bertz CT molecular complexity index is 643. The standard InChI is InChI=1S/C17H19NO4/c1-21-10-16(20)18-11-6-7-15(18)17(8-11)9-13(19)12-4-2-3-5-14(12)22-17/h2-5,11,15H,6-10H2,1H3/t11-,15-,17-/m0/s1. The number of ketones is 1. The van der Waals surface area contributed by atoms with Gasteiger partial charge in [-0.05, 0) is 25.0 Å². The molecule has 3 heterocycles. The monoisotopic (exact) mass is 301 g/mol. The highest BCUT2D eigenvalue weighted by molar-refractivity contribution is 6.00. The number of hydrogen-bond acceptors (Lipinski definition) is 4. The molecule has 5 nitrogen and oxygen atoms in total. The van der Waals surface area contributed by atoms with Gasteiger partial charge in [-0.15, -0.1) is 0 Å². The van der Waals surface area contributed by atoms with E-state index < -0.39 is 5.60 Å². The van der Waals surface area contributed by atoms with Gasteiger partial charge in [0, 0.05) is 19.6 Å². The fraction of sp³-hybridized carbons (Fsp3) is 0.529. The van der Waals surface area contributed by atoms with Gasteiger partial charge in [0.15, 0.2) is 5.78 Å². The molecule has 4 rings (SSSR count). The first-order valence-electron chi connectivity index (χ1n) is 7.76. The van der Waals surface area contributed by atoms with E-state index in [1.807, 2.05) is 29.2 Å². The van der Waals surface area contributed by atoms with Gasteiger partial charge in [-0.25, -0.2) is 0 Å². The molecule has 0 radical (unpaired) electrons. The normalized spacial score (nSPS) is 32.2. The predicted molar refractivity (Wildman–Crippen MR) is 78.9 cm³/mol. The second kappa shape index (κ2) is 4.81. The van der Waals surface area contributed by atoms with Crippen LogP contribution in [0.5, 0.6) is 5.75 Å². The lowest BCUT2D eigenvalue weighted by Crippen LogP contribution is -2.52. The van der Waals surface area contributed by atoms with E-state index in [1.54, 1.807) is 0 Å². The number of fused-ring (bicyclic) bond motifs is 4. The highest BCUT2D eigenvalue weighted by Gasteiger charge is 2.61. The molecule has 22 heavy (non-hydrogen) atoms. The van der Waals surface area contributed by atoms with Crippen LogP contribution in [0.1, 0.15) is 36.0 Å². The number of methoxy groups -OCH3 is 1. The molecule has 3 atom stereocenters. The number of amides is 1. The number of rotatable bonds is 2. The van der Waals surface area contributed by atoms with Crippen molar-refractivity contribution in [2.45, 2.75) is 43.4 Å². The minimum atomic E-state index is -0.544. The second-order valence-corrected chi connectivity index (χ2v) is 6.45. The van der Waals surface area contributed by atoms with Gasteiger partial charge >= 0.3 is 0 Å². The van der Waals surface area contributed by atoms with Gasteiger partial charge in [0.2, 0.25) is 5.91 Å². The molecular formula is C17H19NO4. The molecule has 0 aromatic heterocycles.